The van der Waals surface area contributed by atoms with Crippen molar-refractivity contribution in [2.45, 2.75) is 44.7 Å². The number of nitrogens with one attached hydrogen (secondary N) is 1. The molecule has 5 rings (SSSR count). The molecule has 1 fully saturated rings. The van der Waals surface area contributed by atoms with Crippen molar-refractivity contribution in [2.75, 3.05) is 27.3 Å². The maximum Gasteiger partial charge on any atom is 0.272 e. The van der Waals surface area contributed by atoms with Gasteiger partial charge in [0.25, 0.3) is 11.8 Å². The van der Waals surface area contributed by atoms with Gasteiger partial charge in [0, 0.05) is 41.7 Å². The molecule has 34 heavy (non-hydrogen) atoms. The van der Waals surface area contributed by atoms with Gasteiger partial charge in [0.1, 0.15) is 28.4 Å². The molecule has 9 heteroatoms. The first-order chi connectivity index (χ1) is 16.4. The van der Waals surface area contributed by atoms with Gasteiger partial charge < -0.3 is 19.7 Å². The van der Waals surface area contributed by atoms with Crippen LogP contribution in [0.4, 0.5) is 0 Å². The van der Waals surface area contributed by atoms with E-state index < -0.39 is 0 Å². The minimum Gasteiger partial charge on any atom is -0.496 e. The summed E-state index contributed by atoms with van der Waals surface area (Å²) in [6.07, 6.45) is 3.88. The first-order valence-electron chi connectivity index (χ1n) is 11.6. The molecule has 0 aliphatic carbocycles. The van der Waals surface area contributed by atoms with Gasteiger partial charge in [0.2, 0.25) is 0 Å². The number of carbonyl (C=O) groups excluding carboxylic acids is 2. The number of rotatable bonds is 4. The quantitative estimate of drug-likeness (QED) is 0.639. The molecule has 1 N–H and O–H groups in total. The van der Waals surface area contributed by atoms with Crippen LogP contribution in [-0.2, 0) is 6.42 Å². The molecule has 4 heterocycles. The van der Waals surface area contributed by atoms with Crippen LogP contribution in [0.3, 0.4) is 0 Å². The number of pyridine rings is 1. The number of hydrogen-bond donors (Lipinski definition) is 1. The molecule has 0 bridgehead atoms. The predicted molar refractivity (Wildman–Crippen MR) is 126 cm³/mol. The topological polar surface area (TPSA) is 98.6 Å². The van der Waals surface area contributed by atoms with Crippen molar-refractivity contribution in [1.29, 1.82) is 0 Å². The summed E-state index contributed by atoms with van der Waals surface area (Å²) in [6.45, 7) is 5.09. The third kappa shape index (κ3) is 3.55. The van der Waals surface area contributed by atoms with Gasteiger partial charge in [0.15, 0.2) is 0 Å². The van der Waals surface area contributed by atoms with E-state index in [1.807, 2.05) is 38.2 Å². The molecule has 2 aliphatic rings. The Morgan fingerprint density at radius 1 is 1.15 bits per heavy atom. The Labute approximate surface area is 198 Å². The summed E-state index contributed by atoms with van der Waals surface area (Å²) in [5.74, 6) is 0.928. The van der Waals surface area contributed by atoms with E-state index in [0.29, 0.717) is 54.3 Å². The van der Waals surface area contributed by atoms with Crippen molar-refractivity contribution < 1.29 is 19.1 Å². The highest BCUT2D eigenvalue weighted by molar-refractivity contribution is 5.99. The second kappa shape index (κ2) is 8.30. The minimum atomic E-state index is -0.358. The number of hydrogen-bond acceptors (Lipinski definition) is 6. The first kappa shape index (κ1) is 22.2. The molecule has 9 nitrogen and oxygen atoms in total. The van der Waals surface area contributed by atoms with E-state index >= 15 is 0 Å². The van der Waals surface area contributed by atoms with Crippen molar-refractivity contribution in [1.82, 2.24) is 25.0 Å². The lowest BCUT2D eigenvalue weighted by molar-refractivity contribution is 0.0598. The summed E-state index contributed by atoms with van der Waals surface area (Å²) >= 11 is 0. The van der Waals surface area contributed by atoms with Gasteiger partial charge in [-0.1, -0.05) is 6.07 Å². The van der Waals surface area contributed by atoms with Crippen LogP contribution >= 0.6 is 0 Å². The van der Waals surface area contributed by atoms with Crippen LogP contribution in [0.25, 0.3) is 10.9 Å². The Hall–Kier alpha value is -3.62. The zero-order chi connectivity index (χ0) is 24.0. The molecule has 3 aromatic rings. The van der Waals surface area contributed by atoms with E-state index in [1.165, 1.54) is 0 Å². The normalized spacial score (nSPS) is 17.1. The highest BCUT2D eigenvalue weighted by Crippen LogP contribution is 2.35. The molecule has 2 aliphatic heterocycles. The third-order valence-electron chi connectivity index (χ3n) is 6.91. The van der Waals surface area contributed by atoms with E-state index in [0.717, 1.165) is 17.4 Å². The Kier molecular flexibility index (Phi) is 5.42. The molecule has 0 saturated carbocycles. The fraction of sp³-hybridized carbons (Fsp3) is 0.440. The molecule has 2 amide bonds. The molecule has 0 radical (unpaired) electrons. The van der Waals surface area contributed by atoms with E-state index in [9.17, 15) is 9.59 Å². The van der Waals surface area contributed by atoms with Crippen LogP contribution < -0.4 is 14.8 Å². The second-order valence-corrected chi connectivity index (χ2v) is 9.33. The monoisotopic (exact) mass is 463 g/mol. The lowest BCUT2D eigenvalue weighted by atomic mass is 9.79. The van der Waals surface area contributed by atoms with Crippen LogP contribution in [0.1, 0.15) is 59.3 Å². The summed E-state index contributed by atoms with van der Waals surface area (Å²) in [6, 6.07) is 7.38. The molecular weight excluding hydrogens is 434 g/mol. The van der Waals surface area contributed by atoms with Crippen LogP contribution in [0.15, 0.2) is 30.5 Å². The zero-order valence-corrected chi connectivity index (χ0v) is 19.9. The number of nitrogens with zero attached hydrogens (tertiary/aromatic N) is 4. The average Bonchev–Trinajstić information content (AvgIpc) is 3.27. The fourth-order valence-electron chi connectivity index (χ4n) is 5.11. The number of fused-ring (bicyclic) bond motifs is 2. The highest BCUT2D eigenvalue weighted by atomic mass is 16.5. The summed E-state index contributed by atoms with van der Waals surface area (Å²) in [5, 5.41) is 8.45. The minimum absolute atomic E-state index is 0.0831. The van der Waals surface area contributed by atoms with Gasteiger partial charge in [-0.15, -0.1) is 0 Å². The summed E-state index contributed by atoms with van der Waals surface area (Å²) in [7, 11) is 3.16. The van der Waals surface area contributed by atoms with Gasteiger partial charge in [-0.3, -0.25) is 14.3 Å². The summed E-state index contributed by atoms with van der Waals surface area (Å²) in [4.78, 5) is 32.8. The SMILES string of the molecule is COc1cc(C(=O)N2CCC3(CC2)Cc2cnn(C(C)C)c2C(=O)N3)nc2c(OC)cccc12. The van der Waals surface area contributed by atoms with E-state index in [-0.39, 0.29) is 23.4 Å². The Morgan fingerprint density at radius 3 is 2.56 bits per heavy atom. The number of methoxy groups -OCH3 is 2. The van der Waals surface area contributed by atoms with E-state index in [2.05, 4.69) is 15.4 Å². The fourth-order valence-corrected chi connectivity index (χ4v) is 5.11. The van der Waals surface area contributed by atoms with Gasteiger partial charge in [-0.05, 0) is 45.2 Å². The number of likely N-dealkylation sites (tertiary alicyclic amines) is 1. The lowest BCUT2D eigenvalue weighted by Gasteiger charge is -2.44. The van der Waals surface area contributed by atoms with Crippen molar-refractivity contribution >= 4 is 22.7 Å². The van der Waals surface area contributed by atoms with Crippen LogP contribution in [0.5, 0.6) is 11.5 Å². The van der Waals surface area contributed by atoms with Crippen molar-refractivity contribution in [3.63, 3.8) is 0 Å². The summed E-state index contributed by atoms with van der Waals surface area (Å²) < 4.78 is 12.8. The molecule has 1 saturated heterocycles. The van der Waals surface area contributed by atoms with Crippen LogP contribution in [0.2, 0.25) is 0 Å². The molecule has 2 aromatic heterocycles. The Bertz CT molecular complexity index is 1270. The second-order valence-electron chi connectivity index (χ2n) is 9.33. The molecule has 0 atom stereocenters. The molecule has 1 spiro atoms. The number of carbonyl (C=O) groups is 2. The van der Waals surface area contributed by atoms with E-state index in [1.54, 1.807) is 29.9 Å². The largest absolute Gasteiger partial charge is 0.496 e. The van der Waals surface area contributed by atoms with Crippen molar-refractivity contribution in [3.05, 3.63) is 47.4 Å². The number of ether oxygens (including phenoxy) is 2. The number of para-hydroxylation sites is 1. The number of amides is 2. The van der Waals surface area contributed by atoms with Crippen molar-refractivity contribution in [2.24, 2.45) is 0 Å². The van der Waals surface area contributed by atoms with Gasteiger partial charge >= 0.3 is 0 Å². The van der Waals surface area contributed by atoms with Gasteiger partial charge in [0.05, 0.1) is 20.4 Å². The molecule has 1 aromatic carbocycles. The highest BCUT2D eigenvalue weighted by Gasteiger charge is 2.43. The third-order valence-corrected chi connectivity index (χ3v) is 6.91. The Morgan fingerprint density at radius 2 is 1.88 bits per heavy atom. The summed E-state index contributed by atoms with van der Waals surface area (Å²) in [5.41, 5.74) is 2.18. The molecule has 178 valence electrons. The van der Waals surface area contributed by atoms with Crippen LogP contribution in [-0.4, -0.2) is 64.3 Å². The number of piperidine rings is 1. The average molecular weight is 464 g/mol. The lowest BCUT2D eigenvalue weighted by Crippen LogP contribution is -2.59. The maximum atomic E-state index is 13.4. The van der Waals surface area contributed by atoms with E-state index in [4.69, 9.17) is 9.47 Å². The van der Waals surface area contributed by atoms with Gasteiger partial charge in [-0.25, -0.2) is 4.98 Å². The Balaban J connectivity index is 1.37. The van der Waals surface area contributed by atoms with Gasteiger partial charge in [-0.2, -0.15) is 5.10 Å². The van der Waals surface area contributed by atoms with Crippen molar-refractivity contribution in [3.8, 4) is 11.5 Å². The first-order valence-corrected chi connectivity index (χ1v) is 11.6. The maximum absolute atomic E-state index is 13.4. The predicted octanol–water partition coefficient (Wildman–Crippen LogP) is 2.99. The number of aromatic nitrogens is 3. The van der Waals surface area contributed by atoms with Crippen LogP contribution in [0, 0.1) is 0 Å². The smallest absolute Gasteiger partial charge is 0.272 e. The standard InChI is InChI=1S/C25H29N5O4/c1-15(2)30-22-16(14-26-30)13-25(28-23(22)31)8-10-29(11-9-25)24(32)18-12-20(34-4)17-6-5-7-19(33-3)21(17)27-18/h5-7,12,14-15H,8-11,13H2,1-4H3,(H,28,31). The zero-order valence-electron chi connectivity index (χ0n) is 19.9. The molecule has 0 unspecified atom stereocenters. The molecular formula is C25H29N5O4. The number of benzene rings is 1.